The van der Waals surface area contributed by atoms with Crippen LogP contribution in [0.15, 0.2) is 12.1 Å². The van der Waals surface area contributed by atoms with Crippen LogP contribution in [0.3, 0.4) is 0 Å². The third-order valence-electron chi connectivity index (χ3n) is 2.85. The van der Waals surface area contributed by atoms with Crippen molar-refractivity contribution < 1.29 is 33.9 Å². The summed E-state index contributed by atoms with van der Waals surface area (Å²) in [5.74, 6) is -3.74. The molecule has 0 saturated carbocycles. The number of carboxylic acid groups (broad SMARTS) is 1. The standard InChI is InChI=1S/C13H15FN2O7/c1-3-23-11(17)8-4-7(16(21)22)5-9(14)10(8)15-6-13(2,20)12(18)19/h4-5,15,20H,3,6H2,1-2H3,(H,18,19). The molecule has 0 spiro atoms. The number of carbonyl (C=O) groups excluding carboxylic acids is 1. The van der Waals surface area contributed by atoms with Gasteiger partial charge in [0.2, 0.25) is 0 Å². The topological polar surface area (TPSA) is 139 Å². The fourth-order valence-electron chi connectivity index (χ4n) is 1.58. The number of nitrogens with one attached hydrogen (secondary N) is 1. The van der Waals surface area contributed by atoms with Gasteiger partial charge < -0.3 is 20.3 Å². The van der Waals surface area contributed by atoms with Crippen molar-refractivity contribution in [3.63, 3.8) is 0 Å². The van der Waals surface area contributed by atoms with Gasteiger partial charge in [-0.3, -0.25) is 10.1 Å². The number of aliphatic hydroxyl groups is 1. The summed E-state index contributed by atoms with van der Waals surface area (Å²) in [4.78, 5) is 32.5. The molecule has 0 bridgehead atoms. The number of halogens is 1. The summed E-state index contributed by atoms with van der Waals surface area (Å²) in [5, 5.41) is 31.4. The molecule has 1 rings (SSSR count). The zero-order valence-electron chi connectivity index (χ0n) is 12.3. The van der Waals surface area contributed by atoms with Crippen LogP contribution in [-0.4, -0.2) is 45.8 Å². The highest BCUT2D eigenvalue weighted by molar-refractivity contribution is 5.96. The van der Waals surface area contributed by atoms with Crippen molar-refractivity contribution in [3.8, 4) is 0 Å². The summed E-state index contributed by atoms with van der Waals surface area (Å²) < 4.78 is 18.7. The normalized spacial score (nSPS) is 13.0. The number of nitro benzene ring substituents is 1. The quantitative estimate of drug-likeness (QED) is 0.384. The molecule has 0 heterocycles. The first-order chi connectivity index (χ1) is 10.6. The minimum Gasteiger partial charge on any atom is -0.479 e. The maximum absolute atomic E-state index is 14.0. The SMILES string of the molecule is CCOC(=O)c1cc([N+](=O)[O-])cc(F)c1NCC(C)(O)C(=O)O. The van der Waals surface area contributed by atoms with Crippen molar-refractivity contribution in [2.45, 2.75) is 19.4 Å². The lowest BCUT2D eigenvalue weighted by atomic mass is 10.1. The number of hydrogen-bond acceptors (Lipinski definition) is 7. The summed E-state index contributed by atoms with van der Waals surface area (Å²) in [6, 6.07) is 1.37. The number of benzene rings is 1. The number of nitro groups is 1. The minimum absolute atomic E-state index is 0.0462. The second-order valence-electron chi connectivity index (χ2n) is 4.76. The first-order valence-electron chi connectivity index (χ1n) is 6.44. The van der Waals surface area contributed by atoms with Gasteiger partial charge in [-0.1, -0.05) is 0 Å². The first kappa shape index (κ1) is 18.3. The molecule has 0 radical (unpaired) electrons. The second-order valence-corrected chi connectivity index (χ2v) is 4.76. The van der Waals surface area contributed by atoms with Gasteiger partial charge in [-0.15, -0.1) is 0 Å². The fourth-order valence-corrected chi connectivity index (χ4v) is 1.58. The number of ether oxygens (including phenoxy) is 1. The van der Waals surface area contributed by atoms with Gasteiger partial charge >= 0.3 is 11.9 Å². The Hall–Kier alpha value is -2.75. The van der Waals surface area contributed by atoms with E-state index in [2.05, 4.69) is 5.32 Å². The number of non-ortho nitro benzene ring substituents is 1. The average Bonchev–Trinajstić information content (AvgIpc) is 2.45. The molecule has 1 aromatic rings. The van der Waals surface area contributed by atoms with E-state index in [9.17, 15) is 29.2 Å². The molecule has 23 heavy (non-hydrogen) atoms. The number of carboxylic acids is 1. The van der Waals surface area contributed by atoms with E-state index in [4.69, 9.17) is 9.84 Å². The smallest absolute Gasteiger partial charge is 0.340 e. The van der Waals surface area contributed by atoms with Gasteiger partial charge in [-0.05, 0) is 13.8 Å². The summed E-state index contributed by atoms with van der Waals surface area (Å²) in [5.41, 5.74) is -3.86. The van der Waals surface area contributed by atoms with Gasteiger partial charge in [-0.2, -0.15) is 0 Å². The van der Waals surface area contributed by atoms with Gasteiger partial charge in [0.1, 0.15) is 0 Å². The monoisotopic (exact) mass is 330 g/mol. The summed E-state index contributed by atoms with van der Waals surface area (Å²) >= 11 is 0. The highest BCUT2D eigenvalue weighted by Crippen LogP contribution is 2.27. The van der Waals surface area contributed by atoms with Crippen LogP contribution in [0.2, 0.25) is 0 Å². The summed E-state index contributed by atoms with van der Waals surface area (Å²) in [6.45, 7) is 1.78. The first-order valence-corrected chi connectivity index (χ1v) is 6.44. The molecule has 0 saturated heterocycles. The van der Waals surface area contributed by atoms with E-state index in [0.717, 1.165) is 13.0 Å². The maximum atomic E-state index is 14.0. The third-order valence-corrected chi connectivity index (χ3v) is 2.85. The zero-order valence-corrected chi connectivity index (χ0v) is 12.3. The number of nitrogens with zero attached hydrogens (tertiary/aromatic N) is 1. The van der Waals surface area contributed by atoms with Crippen LogP contribution in [0.5, 0.6) is 0 Å². The second kappa shape index (κ2) is 7.01. The minimum atomic E-state index is -2.24. The molecule has 0 amide bonds. The molecular formula is C13H15FN2O7. The Labute approximate surface area is 129 Å². The van der Waals surface area contributed by atoms with Gasteiger partial charge in [-0.25, -0.2) is 14.0 Å². The Morgan fingerprint density at radius 1 is 1.48 bits per heavy atom. The zero-order chi connectivity index (χ0) is 17.8. The van der Waals surface area contributed by atoms with E-state index in [1.807, 2.05) is 0 Å². The van der Waals surface area contributed by atoms with Gasteiger partial charge in [0, 0.05) is 6.07 Å². The van der Waals surface area contributed by atoms with Crippen molar-refractivity contribution in [2.24, 2.45) is 0 Å². The third kappa shape index (κ3) is 4.36. The summed E-state index contributed by atoms with van der Waals surface area (Å²) in [7, 11) is 0. The van der Waals surface area contributed by atoms with Crippen molar-refractivity contribution >= 4 is 23.3 Å². The lowest BCUT2D eigenvalue weighted by Gasteiger charge is -2.20. The maximum Gasteiger partial charge on any atom is 0.340 e. The summed E-state index contributed by atoms with van der Waals surface area (Å²) in [6.07, 6.45) is 0. The molecule has 0 aliphatic heterocycles. The molecule has 0 fully saturated rings. The molecule has 1 atom stereocenters. The molecule has 1 unspecified atom stereocenters. The Morgan fingerprint density at radius 2 is 2.09 bits per heavy atom. The van der Waals surface area contributed by atoms with E-state index in [-0.39, 0.29) is 6.61 Å². The van der Waals surface area contributed by atoms with E-state index in [1.54, 1.807) is 0 Å². The van der Waals surface area contributed by atoms with Crippen LogP contribution >= 0.6 is 0 Å². The van der Waals surface area contributed by atoms with Crippen LogP contribution < -0.4 is 5.32 Å². The number of esters is 1. The number of rotatable bonds is 7. The molecule has 3 N–H and O–H groups in total. The number of carbonyl (C=O) groups is 2. The number of anilines is 1. The van der Waals surface area contributed by atoms with Crippen molar-refractivity contribution in [1.82, 2.24) is 0 Å². The van der Waals surface area contributed by atoms with Gasteiger partial charge in [0.25, 0.3) is 5.69 Å². The molecule has 9 nitrogen and oxygen atoms in total. The Balaban J connectivity index is 3.26. The Kier molecular flexibility index (Phi) is 5.57. The van der Waals surface area contributed by atoms with Gasteiger partial charge in [0.15, 0.2) is 11.4 Å². The average molecular weight is 330 g/mol. The Bertz CT molecular complexity index is 645. The lowest BCUT2D eigenvalue weighted by molar-refractivity contribution is -0.385. The predicted octanol–water partition coefficient (Wildman–Crippen LogP) is 1.16. The van der Waals surface area contributed by atoms with Gasteiger partial charge in [0.05, 0.1) is 35.4 Å². The number of hydrogen-bond donors (Lipinski definition) is 3. The fraction of sp³-hybridized carbons (Fsp3) is 0.385. The van der Waals surface area contributed by atoms with E-state index < -0.39 is 51.8 Å². The van der Waals surface area contributed by atoms with E-state index >= 15 is 0 Å². The number of aliphatic carboxylic acids is 1. The van der Waals surface area contributed by atoms with Crippen LogP contribution in [0.1, 0.15) is 24.2 Å². The predicted molar refractivity (Wildman–Crippen MR) is 75.8 cm³/mol. The highest BCUT2D eigenvalue weighted by atomic mass is 19.1. The largest absolute Gasteiger partial charge is 0.479 e. The molecule has 126 valence electrons. The van der Waals surface area contributed by atoms with E-state index in [1.165, 1.54) is 6.92 Å². The molecule has 1 aromatic carbocycles. The molecular weight excluding hydrogens is 315 g/mol. The van der Waals surface area contributed by atoms with Crippen molar-refractivity contribution in [3.05, 3.63) is 33.6 Å². The van der Waals surface area contributed by atoms with Crippen LogP contribution in [0, 0.1) is 15.9 Å². The highest BCUT2D eigenvalue weighted by Gasteiger charge is 2.31. The van der Waals surface area contributed by atoms with Crippen molar-refractivity contribution in [2.75, 3.05) is 18.5 Å². The Morgan fingerprint density at radius 3 is 2.57 bits per heavy atom. The van der Waals surface area contributed by atoms with Crippen LogP contribution in [0.4, 0.5) is 15.8 Å². The van der Waals surface area contributed by atoms with Crippen LogP contribution in [0.25, 0.3) is 0 Å². The lowest BCUT2D eigenvalue weighted by Crippen LogP contribution is -2.42. The molecule has 10 heteroatoms. The van der Waals surface area contributed by atoms with E-state index in [0.29, 0.717) is 6.07 Å². The molecule has 0 aliphatic rings. The van der Waals surface area contributed by atoms with Crippen LogP contribution in [-0.2, 0) is 9.53 Å². The van der Waals surface area contributed by atoms with Crippen molar-refractivity contribution in [1.29, 1.82) is 0 Å². The molecule has 0 aromatic heterocycles. The molecule has 0 aliphatic carbocycles.